The Labute approximate surface area is 101 Å². The Morgan fingerprint density at radius 2 is 1.56 bits per heavy atom. The van der Waals surface area contributed by atoms with Crippen LogP contribution in [0.1, 0.15) is 67.7 Å². The molecule has 1 amide bonds. The van der Waals surface area contributed by atoms with Gasteiger partial charge in [0.25, 0.3) is 0 Å². The lowest BCUT2D eigenvalue weighted by atomic mass is 9.90. The van der Waals surface area contributed by atoms with Crippen LogP contribution in [-0.2, 0) is 4.79 Å². The maximum absolute atomic E-state index is 11.8. The molecule has 0 atom stereocenters. The molecule has 2 heteroatoms. The zero-order valence-corrected chi connectivity index (χ0v) is 12.2. The maximum atomic E-state index is 11.8. The van der Waals surface area contributed by atoms with Crippen molar-refractivity contribution in [2.24, 2.45) is 5.41 Å². The third kappa shape index (κ3) is 6.14. The minimum absolute atomic E-state index is 0.0506. The summed E-state index contributed by atoms with van der Waals surface area (Å²) in [6.45, 7) is 15.9. The normalized spacial score (nSPS) is 12.7. The van der Waals surface area contributed by atoms with Crippen molar-refractivity contribution in [3.8, 4) is 0 Å². The van der Waals surface area contributed by atoms with E-state index in [1.807, 2.05) is 11.8 Å². The standard InChI is InChI=1S/C14H29NO/c1-8-12(16)15(14(5,6)7)11-9-10-13(2,3)4/h8-11H2,1-7H3. The highest BCUT2D eigenvalue weighted by atomic mass is 16.2. The number of nitrogens with zero attached hydrogens (tertiary/aromatic N) is 1. The molecule has 0 unspecified atom stereocenters. The van der Waals surface area contributed by atoms with Gasteiger partial charge in [-0.25, -0.2) is 0 Å². The summed E-state index contributed by atoms with van der Waals surface area (Å²) in [5, 5.41) is 0. The number of hydrogen-bond acceptors (Lipinski definition) is 1. The summed E-state index contributed by atoms with van der Waals surface area (Å²) in [5.74, 6) is 0.265. The lowest BCUT2D eigenvalue weighted by molar-refractivity contribution is -0.135. The Bertz CT molecular complexity index is 220. The van der Waals surface area contributed by atoms with Crippen molar-refractivity contribution in [1.82, 2.24) is 4.90 Å². The summed E-state index contributed by atoms with van der Waals surface area (Å²) in [6, 6.07) is 0. The van der Waals surface area contributed by atoms with Crippen molar-refractivity contribution < 1.29 is 4.79 Å². The van der Waals surface area contributed by atoms with Crippen LogP contribution in [0.5, 0.6) is 0 Å². The molecule has 0 aliphatic carbocycles. The zero-order valence-electron chi connectivity index (χ0n) is 12.2. The van der Waals surface area contributed by atoms with E-state index in [0.29, 0.717) is 11.8 Å². The van der Waals surface area contributed by atoms with Crippen LogP contribution < -0.4 is 0 Å². The first-order valence-corrected chi connectivity index (χ1v) is 6.38. The Balaban J connectivity index is 4.31. The first-order valence-electron chi connectivity index (χ1n) is 6.38. The second-order valence-corrected chi connectivity index (χ2v) is 6.73. The average molecular weight is 227 g/mol. The third-order valence-corrected chi connectivity index (χ3v) is 2.72. The lowest BCUT2D eigenvalue weighted by Gasteiger charge is -2.36. The number of rotatable bonds is 4. The lowest BCUT2D eigenvalue weighted by Crippen LogP contribution is -2.46. The van der Waals surface area contributed by atoms with Crippen LogP contribution in [0.15, 0.2) is 0 Å². The van der Waals surface area contributed by atoms with E-state index in [1.54, 1.807) is 0 Å². The fourth-order valence-corrected chi connectivity index (χ4v) is 1.79. The smallest absolute Gasteiger partial charge is 0.222 e. The van der Waals surface area contributed by atoms with Crippen LogP contribution in [0.2, 0.25) is 0 Å². The van der Waals surface area contributed by atoms with Gasteiger partial charge in [0, 0.05) is 18.5 Å². The second kappa shape index (κ2) is 5.70. The Morgan fingerprint density at radius 1 is 1.06 bits per heavy atom. The average Bonchev–Trinajstić information content (AvgIpc) is 2.07. The monoisotopic (exact) mass is 227 g/mol. The van der Waals surface area contributed by atoms with Gasteiger partial charge >= 0.3 is 0 Å². The van der Waals surface area contributed by atoms with Gasteiger partial charge in [-0.05, 0) is 39.0 Å². The fraction of sp³-hybridized carbons (Fsp3) is 0.929. The summed E-state index contributed by atoms with van der Waals surface area (Å²) < 4.78 is 0. The summed E-state index contributed by atoms with van der Waals surface area (Å²) in [4.78, 5) is 13.9. The number of amides is 1. The van der Waals surface area contributed by atoms with Crippen LogP contribution >= 0.6 is 0 Å². The van der Waals surface area contributed by atoms with Gasteiger partial charge in [-0.3, -0.25) is 4.79 Å². The first kappa shape index (κ1) is 15.5. The molecule has 0 aliphatic heterocycles. The highest BCUT2D eigenvalue weighted by Crippen LogP contribution is 2.22. The van der Waals surface area contributed by atoms with E-state index in [1.165, 1.54) is 0 Å². The molecule has 0 rings (SSSR count). The Hall–Kier alpha value is -0.530. The first-order chi connectivity index (χ1) is 7.08. The molecule has 0 aliphatic rings. The van der Waals surface area contributed by atoms with Crippen LogP contribution in [0.3, 0.4) is 0 Å². The molecule has 0 saturated carbocycles. The minimum Gasteiger partial charge on any atom is -0.338 e. The molecule has 16 heavy (non-hydrogen) atoms. The molecule has 96 valence electrons. The summed E-state index contributed by atoms with van der Waals surface area (Å²) >= 11 is 0. The van der Waals surface area contributed by atoms with Crippen LogP contribution in [0.25, 0.3) is 0 Å². The van der Waals surface area contributed by atoms with E-state index in [9.17, 15) is 4.79 Å². The number of hydrogen-bond donors (Lipinski definition) is 0. The van der Waals surface area contributed by atoms with Crippen LogP contribution in [0, 0.1) is 5.41 Å². The van der Waals surface area contributed by atoms with Gasteiger partial charge < -0.3 is 4.90 Å². The molecule has 0 fully saturated rings. The molecule has 0 radical (unpaired) electrons. The molecule has 0 heterocycles. The van der Waals surface area contributed by atoms with Gasteiger partial charge in [-0.2, -0.15) is 0 Å². The van der Waals surface area contributed by atoms with E-state index < -0.39 is 0 Å². The van der Waals surface area contributed by atoms with E-state index in [0.717, 1.165) is 19.4 Å². The molecule has 0 saturated heterocycles. The van der Waals surface area contributed by atoms with Crippen molar-refractivity contribution >= 4 is 5.91 Å². The van der Waals surface area contributed by atoms with Gasteiger partial charge in [0.2, 0.25) is 5.91 Å². The molecule has 2 nitrogen and oxygen atoms in total. The minimum atomic E-state index is -0.0506. The third-order valence-electron chi connectivity index (χ3n) is 2.72. The maximum Gasteiger partial charge on any atom is 0.222 e. The van der Waals surface area contributed by atoms with Crippen LogP contribution in [-0.4, -0.2) is 22.9 Å². The van der Waals surface area contributed by atoms with Gasteiger partial charge in [0.1, 0.15) is 0 Å². The predicted molar refractivity (Wildman–Crippen MR) is 70.4 cm³/mol. The Morgan fingerprint density at radius 3 is 1.88 bits per heavy atom. The second-order valence-electron chi connectivity index (χ2n) is 6.73. The largest absolute Gasteiger partial charge is 0.338 e. The van der Waals surface area contributed by atoms with Crippen molar-refractivity contribution in [2.75, 3.05) is 6.54 Å². The summed E-state index contributed by atoms with van der Waals surface area (Å²) in [5.41, 5.74) is 0.309. The molecular weight excluding hydrogens is 198 g/mol. The van der Waals surface area contributed by atoms with Crippen molar-refractivity contribution in [2.45, 2.75) is 73.3 Å². The van der Waals surface area contributed by atoms with Gasteiger partial charge in [0.05, 0.1) is 0 Å². The predicted octanol–water partition coefficient (Wildman–Crippen LogP) is 3.85. The van der Waals surface area contributed by atoms with Gasteiger partial charge in [-0.1, -0.05) is 27.7 Å². The molecule has 0 bridgehead atoms. The molecule has 0 aromatic heterocycles. The Kier molecular flexibility index (Phi) is 5.51. The van der Waals surface area contributed by atoms with E-state index in [-0.39, 0.29) is 11.4 Å². The molecular formula is C14H29NO. The SMILES string of the molecule is CCC(=O)N(CCCC(C)(C)C)C(C)(C)C. The molecule has 0 aromatic carbocycles. The van der Waals surface area contributed by atoms with E-state index >= 15 is 0 Å². The highest BCUT2D eigenvalue weighted by Gasteiger charge is 2.25. The van der Waals surface area contributed by atoms with Gasteiger partial charge in [-0.15, -0.1) is 0 Å². The summed E-state index contributed by atoms with van der Waals surface area (Å²) in [6.07, 6.45) is 2.86. The quantitative estimate of drug-likeness (QED) is 0.714. The highest BCUT2D eigenvalue weighted by molar-refractivity contribution is 5.76. The van der Waals surface area contributed by atoms with Gasteiger partial charge in [0.15, 0.2) is 0 Å². The zero-order chi connectivity index (χ0) is 13.0. The van der Waals surface area contributed by atoms with Crippen molar-refractivity contribution in [3.63, 3.8) is 0 Å². The fourth-order valence-electron chi connectivity index (χ4n) is 1.79. The molecule has 0 N–H and O–H groups in total. The topological polar surface area (TPSA) is 20.3 Å². The number of carbonyl (C=O) groups excluding carboxylic acids is 1. The molecule has 0 aromatic rings. The van der Waals surface area contributed by atoms with Crippen molar-refractivity contribution in [1.29, 1.82) is 0 Å². The van der Waals surface area contributed by atoms with Crippen molar-refractivity contribution in [3.05, 3.63) is 0 Å². The number of carbonyl (C=O) groups is 1. The van der Waals surface area contributed by atoms with E-state index in [4.69, 9.17) is 0 Å². The van der Waals surface area contributed by atoms with Crippen LogP contribution in [0.4, 0.5) is 0 Å². The van der Waals surface area contributed by atoms with E-state index in [2.05, 4.69) is 41.5 Å². The summed E-state index contributed by atoms with van der Waals surface area (Å²) in [7, 11) is 0. The molecule has 0 spiro atoms.